The van der Waals surface area contributed by atoms with Crippen molar-refractivity contribution in [2.24, 2.45) is 7.05 Å². The Labute approximate surface area is 205 Å². The van der Waals surface area contributed by atoms with Crippen LogP contribution in [0.1, 0.15) is 32.2 Å². The molecule has 0 spiro atoms. The second-order valence-electron chi connectivity index (χ2n) is 9.08. The van der Waals surface area contributed by atoms with Gasteiger partial charge in [-0.15, -0.1) is 11.3 Å². The van der Waals surface area contributed by atoms with Gasteiger partial charge in [0.15, 0.2) is 5.16 Å². The average molecular weight is 489 g/mol. The van der Waals surface area contributed by atoms with E-state index in [9.17, 15) is 4.79 Å². The Morgan fingerprint density at radius 1 is 1.00 bits per heavy atom. The van der Waals surface area contributed by atoms with Crippen LogP contribution in [0.25, 0.3) is 32.0 Å². The third kappa shape index (κ3) is 4.43. The van der Waals surface area contributed by atoms with E-state index < -0.39 is 0 Å². The highest BCUT2D eigenvalue weighted by Gasteiger charge is 2.17. The molecule has 0 unspecified atom stereocenters. The van der Waals surface area contributed by atoms with E-state index in [1.54, 1.807) is 11.6 Å². The lowest BCUT2D eigenvalue weighted by Gasteiger charge is -2.18. The van der Waals surface area contributed by atoms with Crippen LogP contribution in [-0.4, -0.2) is 19.7 Å². The van der Waals surface area contributed by atoms with Gasteiger partial charge in [-0.2, -0.15) is 4.98 Å². The fourth-order valence-electron chi connectivity index (χ4n) is 3.59. The lowest BCUT2D eigenvalue weighted by atomic mass is 9.87. The van der Waals surface area contributed by atoms with Gasteiger partial charge < -0.3 is 4.52 Å². The molecular weight excluding hydrogens is 464 g/mol. The smallest absolute Gasteiger partial charge is 0.271 e. The van der Waals surface area contributed by atoms with Crippen molar-refractivity contribution in [3.05, 3.63) is 82.5 Å². The predicted octanol–water partition coefficient (Wildman–Crippen LogP) is 6.30. The number of benzene rings is 2. The molecule has 5 rings (SSSR count). The number of thioether (sulfide) groups is 1. The van der Waals surface area contributed by atoms with Crippen LogP contribution in [0.5, 0.6) is 0 Å². The van der Waals surface area contributed by atoms with Crippen molar-refractivity contribution in [3.63, 3.8) is 0 Å². The van der Waals surface area contributed by atoms with E-state index in [0.29, 0.717) is 32.8 Å². The molecule has 2 aromatic carbocycles. The highest BCUT2D eigenvalue weighted by atomic mass is 32.2. The van der Waals surface area contributed by atoms with Crippen molar-refractivity contribution in [3.8, 4) is 21.8 Å². The van der Waals surface area contributed by atoms with Crippen LogP contribution >= 0.6 is 23.1 Å². The van der Waals surface area contributed by atoms with Crippen LogP contribution in [-0.2, 0) is 18.2 Å². The number of thiophene rings is 1. The number of rotatable bonds is 5. The Morgan fingerprint density at radius 3 is 2.44 bits per heavy atom. The van der Waals surface area contributed by atoms with Crippen molar-refractivity contribution < 1.29 is 4.52 Å². The topological polar surface area (TPSA) is 73.8 Å². The summed E-state index contributed by atoms with van der Waals surface area (Å²) in [5.74, 6) is 1.47. The zero-order chi connectivity index (χ0) is 23.9. The van der Waals surface area contributed by atoms with Crippen molar-refractivity contribution in [2.75, 3.05) is 0 Å². The van der Waals surface area contributed by atoms with Gasteiger partial charge in [0.05, 0.1) is 11.3 Å². The Balaban J connectivity index is 1.36. The summed E-state index contributed by atoms with van der Waals surface area (Å²) in [5.41, 5.74) is 3.99. The third-order valence-corrected chi connectivity index (χ3v) is 7.75. The SMILES string of the molecule is Cn1c(SCc2nc(-c3ccc(C(C)(C)C)cc3)no2)nc2cc(-c3ccccc3)sc2c1=O. The van der Waals surface area contributed by atoms with Crippen LogP contribution in [0.2, 0.25) is 0 Å². The van der Waals surface area contributed by atoms with Crippen LogP contribution < -0.4 is 5.56 Å². The van der Waals surface area contributed by atoms with Gasteiger partial charge in [0.2, 0.25) is 11.7 Å². The highest BCUT2D eigenvalue weighted by Crippen LogP contribution is 2.32. The summed E-state index contributed by atoms with van der Waals surface area (Å²) < 4.78 is 7.70. The van der Waals surface area contributed by atoms with Gasteiger partial charge in [-0.1, -0.05) is 92.3 Å². The Bertz CT molecular complexity index is 1510. The zero-order valence-electron chi connectivity index (χ0n) is 19.4. The molecule has 0 aliphatic carbocycles. The van der Waals surface area contributed by atoms with E-state index in [1.165, 1.54) is 28.7 Å². The van der Waals surface area contributed by atoms with E-state index in [1.807, 2.05) is 48.5 Å². The summed E-state index contributed by atoms with van der Waals surface area (Å²) in [6, 6.07) is 20.2. The van der Waals surface area contributed by atoms with Gasteiger partial charge in [0, 0.05) is 17.5 Å². The van der Waals surface area contributed by atoms with Crippen molar-refractivity contribution >= 4 is 33.3 Å². The zero-order valence-corrected chi connectivity index (χ0v) is 21.0. The number of nitrogens with zero attached hydrogens (tertiary/aromatic N) is 4. The standard InChI is InChI=1S/C26H24N4O2S2/c1-26(2,3)18-12-10-17(11-13-18)23-28-21(32-29-23)15-33-25-27-19-14-20(16-8-6-5-7-9-16)34-22(19)24(31)30(25)4/h5-14H,15H2,1-4H3. The molecule has 0 atom stereocenters. The van der Waals surface area contributed by atoms with Crippen molar-refractivity contribution in [1.82, 2.24) is 19.7 Å². The normalized spacial score (nSPS) is 11.9. The molecular formula is C26H24N4O2S2. The summed E-state index contributed by atoms with van der Waals surface area (Å²) in [6.07, 6.45) is 0. The molecule has 6 nitrogen and oxygen atoms in total. The first-order valence-electron chi connectivity index (χ1n) is 10.9. The maximum atomic E-state index is 13.0. The first-order valence-corrected chi connectivity index (χ1v) is 12.7. The van der Waals surface area contributed by atoms with E-state index >= 15 is 0 Å². The summed E-state index contributed by atoms with van der Waals surface area (Å²) in [6.45, 7) is 6.55. The van der Waals surface area contributed by atoms with Crippen LogP contribution in [0.4, 0.5) is 0 Å². The summed E-state index contributed by atoms with van der Waals surface area (Å²) >= 11 is 2.88. The Morgan fingerprint density at radius 2 is 1.74 bits per heavy atom. The quantitative estimate of drug-likeness (QED) is 0.213. The molecule has 0 bridgehead atoms. The molecule has 3 heterocycles. The molecule has 34 heavy (non-hydrogen) atoms. The average Bonchev–Trinajstić information content (AvgIpc) is 3.48. The molecule has 8 heteroatoms. The first-order chi connectivity index (χ1) is 16.3. The van der Waals surface area contributed by atoms with Gasteiger partial charge in [-0.25, -0.2) is 4.98 Å². The molecule has 0 fully saturated rings. The van der Waals surface area contributed by atoms with E-state index in [0.717, 1.165) is 16.0 Å². The van der Waals surface area contributed by atoms with Crippen molar-refractivity contribution in [1.29, 1.82) is 0 Å². The third-order valence-electron chi connectivity index (χ3n) is 5.57. The van der Waals surface area contributed by atoms with Gasteiger partial charge in [0.25, 0.3) is 5.56 Å². The minimum absolute atomic E-state index is 0.0511. The Hall–Kier alpha value is -3.23. The van der Waals surface area contributed by atoms with Gasteiger partial charge in [-0.05, 0) is 22.6 Å². The fraction of sp³-hybridized carbons (Fsp3) is 0.231. The maximum absolute atomic E-state index is 13.0. The lowest BCUT2D eigenvalue weighted by Crippen LogP contribution is -2.18. The molecule has 5 aromatic rings. The van der Waals surface area contributed by atoms with E-state index in [-0.39, 0.29) is 11.0 Å². The molecule has 172 valence electrons. The summed E-state index contributed by atoms with van der Waals surface area (Å²) in [4.78, 5) is 23.3. The Kier molecular flexibility index (Phi) is 5.87. The molecule has 0 aliphatic heterocycles. The molecule has 0 aliphatic rings. The fourth-order valence-corrected chi connectivity index (χ4v) is 5.47. The molecule has 0 saturated heterocycles. The predicted molar refractivity (Wildman–Crippen MR) is 138 cm³/mol. The number of hydrogen-bond acceptors (Lipinski definition) is 7. The first kappa shape index (κ1) is 22.6. The molecule has 3 aromatic heterocycles. The molecule has 0 saturated carbocycles. The largest absolute Gasteiger partial charge is 0.338 e. The summed E-state index contributed by atoms with van der Waals surface area (Å²) in [7, 11) is 1.75. The second kappa shape index (κ2) is 8.85. The molecule has 0 amide bonds. The van der Waals surface area contributed by atoms with Crippen molar-refractivity contribution in [2.45, 2.75) is 37.1 Å². The van der Waals surface area contributed by atoms with Gasteiger partial charge in [-0.3, -0.25) is 9.36 Å². The second-order valence-corrected chi connectivity index (χ2v) is 11.1. The minimum Gasteiger partial charge on any atom is -0.338 e. The number of hydrogen-bond donors (Lipinski definition) is 0. The minimum atomic E-state index is -0.0511. The maximum Gasteiger partial charge on any atom is 0.271 e. The van der Waals surface area contributed by atoms with Gasteiger partial charge in [0.1, 0.15) is 4.70 Å². The summed E-state index contributed by atoms with van der Waals surface area (Å²) in [5, 5.41) is 4.75. The lowest BCUT2D eigenvalue weighted by molar-refractivity contribution is 0.391. The van der Waals surface area contributed by atoms with Gasteiger partial charge >= 0.3 is 0 Å². The monoisotopic (exact) mass is 488 g/mol. The number of fused-ring (bicyclic) bond motifs is 1. The highest BCUT2D eigenvalue weighted by molar-refractivity contribution is 7.98. The molecule has 0 N–H and O–H groups in total. The number of aromatic nitrogens is 4. The molecule has 0 radical (unpaired) electrons. The van der Waals surface area contributed by atoms with E-state index in [2.05, 4.69) is 43.0 Å². The van der Waals surface area contributed by atoms with E-state index in [4.69, 9.17) is 9.51 Å². The van der Waals surface area contributed by atoms with Crippen LogP contribution in [0.15, 0.2) is 75.1 Å². The van der Waals surface area contributed by atoms with Crippen LogP contribution in [0.3, 0.4) is 0 Å². The van der Waals surface area contributed by atoms with Crippen LogP contribution in [0, 0.1) is 0 Å².